The number of benzene rings is 3. The van der Waals surface area contributed by atoms with Gasteiger partial charge in [-0.1, -0.05) is 92.6 Å². The molecule has 1 fully saturated rings. The van der Waals surface area contributed by atoms with Crippen LogP contribution in [-0.2, 0) is 11.2 Å². The zero-order valence-electron chi connectivity index (χ0n) is 20.9. The normalized spacial score (nSPS) is 14.4. The van der Waals surface area contributed by atoms with Crippen molar-refractivity contribution in [2.75, 3.05) is 39.3 Å². The van der Waals surface area contributed by atoms with E-state index >= 15 is 0 Å². The summed E-state index contributed by atoms with van der Waals surface area (Å²) in [4.78, 5) is 17.4. The molecule has 0 spiro atoms. The summed E-state index contributed by atoms with van der Waals surface area (Å²) in [7, 11) is 0. The van der Waals surface area contributed by atoms with E-state index in [0.717, 1.165) is 44.7 Å². The lowest BCUT2D eigenvalue weighted by Crippen LogP contribution is -2.49. The van der Waals surface area contributed by atoms with Crippen LogP contribution in [0.2, 0.25) is 0 Å². The van der Waals surface area contributed by atoms with Crippen molar-refractivity contribution in [3.8, 4) is 0 Å². The van der Waals surface area contributed by atoms with Gasteiger partial charge in [-0.15, -0.1) is 0 Å². The molecule has 3 aromatic rings. The van der Waals surface area contributed by atoms with Gasteiger partial charge in [0.25, 0.3) is 5.91 Å². The summed E-state index contributed by atoms with van der Waals surface area (Å²) >= 11 is 0. The molecule has 1 amide bonds. The molecule has 0 saturated carbocycles. The molecule has 4 rings (SSSR count). The van der Waals surface area contributed by atoms with E-state index in [1.807, 2.05) is 29.2 Å². The minimum absolute atomic E-state index is 0.0646. The van der Waals surface area contributed by atoms with Gasteiger partial charge in [0.05, 0.1) is 6.61 Å². The highest BCUT2D eigenvalue weighted by atomic mass is 16.5. The van der Waals surface area contributed by atoms with Gasteiger partial charge >= 0.3 is 0 Å². The summed E-state index contributed by atoms with van der Waals surface area (Å²) in [5.74, 6) is 0.147. The van der Waals surface area contributed by atoms with Crippen molar-refractivity contribution in [3.05, 3.63) is 107 Å². The molecule has 35 heavy (non-hydrogen) atoms. The van der Waals surface area contributed by atoms with Crippen LogP contribution in [0, 0.1) is 0 Å². The van der Waals surface area contributed by atoms with Crippen LogP contribution in [0.15, 0.2) is 84.9 Å². The lowest BCUT2D eigenvalue weighted by atomic mass is 10.0. The van der Waals surface area contributed by atoms with Crippen molar-refractivity contribution in [2.45, 2.75) is 38.7 Å². The number of piperazine rings is 1. The number of carbonyl (C=O) groups is 1. The molecule has 1 saturated heterocycles. The minimum atomic E-state index is -0.0646. The Balaban J connectivity index is 1.24. The second kappa shape index (κ2) is 13.2. The molecule has 0 radical (unpaired) electrons. The Morgan fingerprint density at radius 2 is 1.40 bits per heavy atom. The maximum atomic E-state index is 13.0. The summed E-state index contributed by atoms with van der Waals surface area (Å²) in [5, 5.41) is 0. The quantitative estimate of drug-likeness (QED) is 0.323. The smallest absolute Gasteiger partial charge is 0.253 e. The molecule has 1 aliphatic rings. The molecule has 0 bridgehead atoms. The Labute approximate surface area is 210 Å². The lowest BCUT2D eigenvalue weighted by molar-refractivity contribution is 0.0409. The number of ether oxygens (including phenoxy) is 1. The molecular weight excluding hydrogens is 432 g/mol. The third kappa shape index (κ3) is 7.27. The van der Waals surface area contributed by atoms with E-state index in [1.54, 1.807) is 0 Å². The third-order valence-electron chi connectivity index (χ3n) is 6.83. The number of hydrogen-bond acceptors (Lipinski definition) is 3. The second-order valence-electron chi connectivity index (χ2n) is 9.36. The summed E-state index contributed by atoms with van der Waals surface area (Å²) in [6.45, 7) is 7.03. The summed E-state index contributed by atoms with van der Waals surface area (Å²) in [5.41, 5.74) is 4.47. The van der Waals surface area contributed by atoms with Gasteiger partial charge in [0.2, 0.25) is 0 Å². The first-order valence-corrected chi connectivity index (χ1v) is 13.1. The Morgan fingerprint density at radius 1 is 0.800 bits per heavy atom. The molecule has 4 heteroatoms. The molecule has 0 N–H and O–H groups in total. The van der Waals surface area contributed by atoms with Gasteiger partial charge in [0.15, 0.2) is 0 Å². The van der Waals surface area contributed by atoms with Crippen LogP contribution in [0.3, 0.4) is 0 Å². The van der Waals surface area contributed by atoms with Crippen molar-refractivity contribution in [1.82, 2.24) is 9.80 Å². The van der Waals surface area contributed by atoms with E-state index in [-0.39, 0.29) is 12.0 Å². The average Bonchev–Trinajstić information content (AvgIpc) is 2.93. The van der Waals surface area contributed by atoms with Gasteiger partial charge in [-0.25, -0.2) is 0 Å². The van der Waals surface area contributed by atoms with Crippen LogP contribution in [0.4, 0.5) is 0 Å². The van der Waals surface area contributed by atoms with Crippen LogP contribution in [0.1, 0.15) is 59.3 Å². The molecule has 4 nitrogen and oxygen atoms in total. The van der Waals surface area contributed by atoms with Crippen LogP contribution in [0.5, 0.6) is 0 Å². The average molecular weight is 471 g/mol. The third-order valence-corrected chi connectivity index (χ3v) is 6.83. The Hall–Kier alpha value is -2.95. The van der Waals surface area contributed by atoms with Crippen molar-refractivity contribution < 1.29 is 9.53 Å². The number of rotatable bonds is 11. The Bertz CT molecular complexity index is 973. The molecule has 3 aromatic carbocycles. The summed E-state index contributed by atoms with van der Waals surface area (Å²) in [6, 6.07) is 29.0. The predicted molar refractivity (Wildman–Crippen MR) is 143 cm³/mol. The van der Waals surface area contributed by atoms with E-state index in [4.69, 9.17) is 4.74 Å². The molecule has 0 aromatic heterocycles. The first-order valence-electron chi connectivity index (χ1n) is 13.1. The van der Waals surface area contributed by atoms with Crippen LogP contribution < -0.4 is 0 Å². The summed E-state index contributed by atoms with van der Waals surface area (Å²) in [6.07, 6.45) is 4.74. The van der Waals surface area contributed by atoms with Gasteiger partial charge in [-0.3, -0.25) is 9.69 Å². The highest BCUT2D eigenvalue weighted by Gasteiger charge is 2.22. The number of hydrogen-bond donors (Lipinski definition) is 0. The van der Waals surface area contributed by atoms with E-state index in [9.17, 15) is 4.79 Å². The lowest BCUT2D eigenvalue weighted by Gasteiger charge is -2.35. The maximum absolute atomic E-state index is 13.0. The van der Waals surface area contributed by atoms with Gasteiger partial charge in [-0.2, -0.15) is 0 Å². The Kier molecular flexibility index (Phi) is 9.50. The van der Waals surface area contributed by atoms with Gasteiger partial charge in [-0.05, 0) is 41.7 Å². The molecule has 1 heterocycles. The zero-order valence-corrected chi connectivity index (χ0v) is 20.9. The molecule has 184 valence electrons. The number of amides is 1. The maximum Gasteiger partial charge on any atom is 0.253 e. The van der Waals surface area contributed by atoms with Crippen LogP contribution in [-0.4, -0.2) is 55.0 Å². The standard InChI is InChI=1S/C31H38N2O2/c1-2-3-6-11-26-16-18-29(19-17-26)31(34)33-22-20-32(21-23-33)24-25-35-30(27-12-7-4-8-13-27)28-14-9-5-10-15-28/h4-5,7-10,12-19,30H,2-3,6,11,20-25H2,1H3. The van der Waals surface area contributed by atoms with Crippen molar-refractivity contribution in [3.63, 3.8) is 0 Å². The fraction of sp³-hybridized carbons (Fsp3) is 0.387. The first kappa shape index (κ1) is 25.2. The summed E-state index contributed by atoms with van der Waals surface area (Å²) < 4.78 is 6.38. The van der Waals surface area contributed by atoms with Gasteiger partial charge in [0, 0.05) is 38.3 Å². The second-order valence-corrected chi connectivity index (χ2v) is 9.36. The monoisotopic (exact) mass is 470 g/mol. The van der Waals surface area contributed by atoms with E-state index in [2.05, 4.69) is 72.5 Å². The van der Waals surface area contributed by atoms with Crippen molar-refractivity contribution >= 4 is 5.91 Å². The number of nitrogens with zero attached hydrogens (tertiary/aromatic N) is 2. The number of aryl methyl sites for hydroxylation is 1. The topological polar surface area (TPSA) is 32.8 Å². The van der Waals surface area contributed by atoms with E-state index < -0.39 is 0 Å². The van der Waals surface area contributed by atoms with Gasteiger partial charge < -0.3 is 9.64 Å². The van der Waals surface area contributed by atoms with E-state index in [1.165, 1.54) is 36.0 Å². The van der Waals surface area contributed by atoms with Crippen LogP contribution >= 0.6 is 0 Å². The molecule has 1 aliphatic heterocycles. The largest absolute Gasteiger partial charge is 0.367 e. The first-order chi connectivity index (χ1) is 17.2. The zero-order chi connectivity index (χ0) is 24.3. The van der Waals surface area contributed by atoms with Crippen molar-refractivity contribution in [1.29, 1.82) is 0 Å². The van der Waals surface area contributed by atoms with Gasteiger partial charge in [0.1, 0.15) is 6.10 Å². The number of unbranched alkanes of at least 4 members (excludes halogenated alkanes) is 2. The highest BCUT2D eigenvalue weighted by molar-refractivity contribution is 5.94. The van der Waals surface area contributed by atoms with Crippen molar-refractivity contribution in [2.24, 2.45) is 0 Å². The number of carbonyl (C=O) groups excluding carboxylic acids is 1. The Morgan fingerprint density at radius 3 is 1.97 bits per heavy atom. The highest BCUT2D eigenvalue weighted by Crippen LogP contribution is 2.25. The van der Waals surface area contributed by atoms with E-state index in [0.29, 0.717) is 6.61 Å². The fourth-order valence-corrected chi connectivity index (χ4v) is 4.69. The predicted octanol–water partition coefficient (Wildman–Crippen LogP) is 5.98. The SMILES string of the molecule is CCCCCc1ccc(C(=O)N2CCN(CCOC(c3ccccc3)c3ccccc3)CC2)cc1. The fourth-order valence-electron chi connectivity index (χ4n) is 4.69. The molecular formula is C31H38N2O2. The van der Waals surface area contributed by atoms with Crippen LogP contribution in [0.25, 0.3) is 0 Å². The molecule has 0 unspecified atom stereocenters. The minimum Gasteiger partial charge on any atom is -0.367 e. The molecule has 0 atom stereocenters. The molecule has 0 aliphatic carbocycles.